The van der Waals surface area contributed by atoms with Crippen molar-refractivity contribution in [3.8, 4) is 5.75 Å². The van der Waals surface area contributed by atoms with E-state index in [1.165, 1.54) is 6.07 Å². The lowest BCUT2D eigenvalue weighted by Gasteiger charge is -2.38. The van der Waals surface area contributed by atoms with E-state index in [0.29, 0.717) is 29.7 Å². The summed E-state index contributed by atoms with van der Waals surface area (Å²) in [5.41, 5.74) is 2.55. The Hall–Kier alpha value is -2.48. The summed E-state index contributed by atoms with van der Waals surface area (Å²) in [6.45, 7) is 7.38. The van der Waals surface area contributed by atoms with Gasteiger partial charge in [0.1, 0.15) is 11.9 Å². The second-order valence-corrected chi connectivity index (χ2v) is 9.35. The smallest absolute Gasteiger partial charge is 0.250 e. The molecular formula is C26H35NO6. The van der Waals surface area contributed by atoms with Crippen LogP contribution in [-0.2, 0) is 19.1 Å². The quantitative estimate of drug-likeness (QED) is 0.549. The number of hydrogen-bond donors (Lipinski definition) is 3. The van der Waals surface area contributed by atoms with Gasteiger partial charge in [-0.3, -0.25) is 9.59 Å². The van der Waals surface area contributed by atoms with E-state index in [1.54, 1.807) is 26.2 Å². The maximum atomic E-state index is 12.8. The lowest BCUT2D eigenvalue weighted by atomic mass is 9.82. The Labute approximate surface area is 195 Å². The first kappa shape index (κ1) is 25.1. The Bertz CT molecular complexity index is 952. The summed E-state index contributed by atoms with van der Waals surface area (Å²) in [6, 6.07) is 4.85. The molecule has 2 aliphatic heterocycles. The summed E-state index contributed by atoms with van der Waals surface area (Å²) in [4.78, 5) is 25.4. The number of phenolic OH excluding ortho intramolecular Hbond substituents is 1. The molecule has 0 radical (unpaired) electrons. The number of aromatic hydroxyl groups is 1. The van der Waals surface area contributed by atoms with Crippen molar-refractivity contribution in [3.63, 3.8) is 0 Å². The molecule has 7 nitrogen and oxygen atoms in total. The lowest BCUT2D eigenvalue weighted by Crippen LogP contribution is -2.42. The number of methoxy groups -OCH3 is 1. The number of rotatable bonds is 1. The van der Waals surface area contributed by atoms with Gasteiger partial charge in [0.05, 0.1) is 18.3 Å². The van der Waals surface area contributed by atoms with E-state index in [0.717, 1.165) is 5.57 Å². The Morgan fingerprint density at radius 3 is 2.55 bits per heavy atom. The molecule has 3 rings (SSSR count). The number of aliphatic hydroxyl groups is 1. The van der Waals surface area contributed by atoms with E-state index >= 15 is 0 Å². The minimum absolute atomic E-state index is 0.00530. The summed E-state index contributed by atoms with van der Waals surface area (Å²) < 4.78 is 12.2. The number of aliphatic hydroxyl groups excluding tert-OH is 1. The van der Waals surface area contributed by atoms with Crippen LogP contribution in [0.5, 0.6) is 5.75 Å². The summed E-state index contributed by atoms with van der Waals surface area (Å²) in [5, 5.41) is 23.9. The van der Waals surface area contributed by atoms with E-state index in [9.17, 15) is 19.8 Å². The number of amides is 1. The number of benzene rings is 1. The van der Waals surface area contributed by atoms with Crippen LogP contribution in [0.1, 0.15) is 58.6 Å². The van der Waals surface area contributed by atoms with Gasteiger partial charge in [0.2, 0.25) is 0 Å². The van der Waals surface area contributed by atoms with Gasteiger partial charge >= 0.3 is 0 Å². The van der Waals surface area contributed by atoms with Crippen LogP contribution in [0.2, 0.25) is 0 Å². The molecule has 1 aromatic carbocycles. The lowest BCUT2D eigenvalue weighted by molar-refractivity contribution is -0.144. The molecule has 1 saturated heterocycles. The number of carbonyl (C=O) groups excluding carboxylic acids is 2. The molecule has 1 fully saturated rings. The van der Waals surface area contributed by atoms with E-state index in [4.69, 9.17) is 9.47 Å². The average Bonchev–Trinajstić information content (AvgIpc) is 2.76. The second-order valence-electron chi connectivity index (χ2n) is 9.35. The van der Waals surface area contributed by atoms with Crippen molar-refractivity contribution in [2.75, 3.05) is 12.4 Å². The number of anilines is 1. The number of hydrogen-bond acceptors (Lipinski definition) is 6. The van der Waals surface area contributed by atoms with Gasteiger partial charge in [0, 0.05) is 36.8 Å². The van der Waals surface area contributed by atoms with Gasteiger partial charge in [-0.15, -0.1) is 0 Å². The molecule has 33 heavy (non-hydrogen) atoms. The molecule has 2 aliphatic rings. The van der Waals surface area contributed by atoms with Crippen molar-refractivity contribution >= 4 is 17.4 Å². The maximum Gasteiger partial charge on any atom is 0.250 e. The molecule has 3 N–H and O–H groups in total. The zero-order valence-corrected chi connectivity index (χ0v) is 20.0. The van der Waals surface area contributed by atoms with Gasteiger partial charge in [-0.1, -0.05) is 26.0 Å². The molecule has 180 valence electrons. The molecule has 0 unspecified atom stereocenters. The van der Waals surface area contributed by atoms with E-state index in [-0.39, 0.29) is 35.9 Å². The van der Waals surface area contributed by atoms with Crippen LogP contribution in [-0.4, -0.2) is 47.3 Å². The average molecular weight is 458 g/mol. The Morgan fingerprint density at radius 2 is 1.85 bits per heavy atom. The highest BCUT2D eigenvalue weighted by molar-refractivity contribution is 6.03. The number of allylic oxidation sites excluding steroid dienone is 1. The van der Waals surface area contributed by atoms with Crippen molar-refractivity contribution < 1.29 is 29.3 Å². The van der Waals surface area contributed by atoms with Crippen LogP contribution in [0, 0.1) is 11.8 Å². The van der Waals surface area contributed by atoms with Crippen LogP contribution >= 0.6 is 0 Å². The Kier molecular flexibility index (Phi) is 8.10. The van der Waals surface area contributed by atoms with Gasteiger partial charge in [0.15, 0.2) is 5.78 Å². The second kappa shape index (κ2) is 10.6. The fourth-order valence-electron chi connectivity index (χ4n) is 4.66. The molecule has 2 heterocycles. The summed E-state index contributed by atoms with van der Waals surface area (Å²) >= 11 is 0. The first-order valence-electron chi connectivity index (χ1n) is 11.5. The highest BCUT2D eigenvalue weighted by Crippen LogP contribution is 2.39. The summed E-state index contributed by atoms with van der Waals surface area (Å²) in [7, 11) is 1.63. The van der Waals surface area contributed by atoms with Crippen molar-refractivity contribution in [2.45, 2.75) is 71.4 Å². The molecule has 1 amide bonds. The van der Waals surface area contributed by atoms with Gasteiger partial charge in [-0.25, -0.2) is 0 Å². The van der Waals surface area contributed by atoms with Crippen LogP contribution in [0.25, 0.3) is 0 Å². The third kappa shape index (κ3) is 5.91. The molecule has 0 aliphatic carbocycles. The van der Waals surface area contributed by atoms with Crippen LogP contribution in [0.4, 0.5) is 5.69 Å². The standard InChI is InChI=1S/C26H35NO6/c1-14-7-6-8-21(32-5)9-15(2)24-17(4)23(30)22(29)10-16(3)25(33-24)18-11-19(27-26(14)31)13-20(28)12-18/h7,9,11-13,16-17,21,23-25,28,30H,6,8,10H2,1-5H3,(H,27,31)/b14-7-,15-9-/t16-,17+,21-,23+,24-,25-/m0/s1. The highest BCUT2D eigenvalue weighted by Gasteiger charge is 2.39. The topological polar surface area (TPSA) is 105 Å². The third-order valence-corrected chi connectivity index (χ3v) is 6.63. The van der Waals surface area contributed by atoms with Gasteiger partial charge in [-0.2, -0.15) is 0 Å². The zero-order valence-electron chi connectivity index (χ0n) is 20.0. The van der Waals surface area contributed by atoms with E-state index < -0.39 is 24.2 Å². The molecule has 0 aromatic heterocycles. The molecule has 7 heteroatoms. The number of carbonyl (C=O) groups is 2. The minimum atomic E-state index is -1.13. The first-order chi connectivity index (χ1) is 15.6. The third-order valence-electron chi connectivity index (χ3n) is 6.63. The van der Waals surface area contributed by atoms with Gasteiger partial charge in [-0.05, 0) is 55.9 Å². The number of Topliss-reactive ketones (excluding diaryl/α,β-unsaturated/α-hetero) is 1. The predicted molar refractivity (Wildman–Crippen MR) is 126 cm³/mol. The van der Waals surface area contributed by atoms with E-state index in [2.05, 4.69) is 5.32 Å². The van der Waals surface area contributed by atoms with Crippen molar-refractivity contribution in [1.82, 2.24) is 0 Å². The first-order valence-corrected chi connectivity index (χ1v) is 11.5. The fourth-order valence-corrected chi connectivity index (χ4v) is 4.66. The summed E-state index contributed by atoms with van der Waals surface area (Å²) in [6.07, 6.45) is 2.88. The molecule has 0 saturated carbocycles. The monoisotopic (exact) mass is 457 g/mol. The molecular weight excluding hydrogens is 422 g/mol. The Balaban J connectivity index is 2.15. The van der Waals surface area contributed by atoms with Crippen LogP contribution in [0.3, 0.4) is 0 Å². The zero-order chi connectivity index (χ0) is 24.3. The number of phenols is 1. The Morgan fingerprint density at radius 1 is 1.12 bits per heavy atom. The number of ether oxygens (including phenoxy) is 2. The largest absolute Gasteiger partial charge is 0.508 e. The normalized spacial score (nSPS) is 35.0. The van der Waals surface area contributed by atoms with Gasteiger partial charge < -0.3 is 25.0 Å². The summed E-state index contributed by atoms with van der Waals surface area (Å²) in [5.74, 6) is -1.20. The SMILES string of the molecule is CO[C@@H]1/C=C(/C)[C@@H]2O[C@H](c3cc(O)cc(c3)NC(=O)/C(C)=C\CC1)[C@@H](C)CC(=O)[C@H](O)[C@H]2C. The fraction of sp³-hybridized carbons (Fsp3) is 0.538. The molecule has 1 aromatic rings. The number of nitrogens with one attached hydrogen (secondary N) is 1. The number of ketones is 1. The van der Waals surface area contributed by atoms with Crippen LogP contribution in [0.15, 0.2) is 41.5 Å². The van der Waals surface area contributed by atoms with Crippen molar-refractivity contribution in [3.05, 3.63) is 47.1 Å². The van der Waals surface area contributed by atoms with Crippen molar-refractivity contribution in [2.24, 2.45) is 11.8 Å². The molecule has 6 atom stereocenters. The number of fused-ring (bicyclic) bond motifs is 5. The van der Waals surface area contributed by atoms with E-state index in [1.807, 2.05) is 32.9 Å². The molecule has 0 spiro atoms. The maximum absolute atomic E-state index is 12.8. The minimum Gasteiger partial charge on any atom is -0.508 e. The molecule has 4 bridgehead atoms. The van der Waals surface area contributed by atoms with Crippen LogP contribution < -0.4 is 5.32 Å². The van der Waals surface area contributed by atoms with Gasteiger partial charge in [0.25, 0.3) is 5.91 Å². The highest BCUT2D eigenvalue weighted by atomic mass is 16.5. The predicted octanol–water partition coefficient (Wildman–Crippen LogP) is 4.06. The van der Waals surface area contributed by atoms with Crippen molar-refractivity contribution in [1.29, 1.82) is 0 Å².